The van der Waals surface area contributed by atoms with Gasteiger partial charge in [-0.05, 0) is 29.8 Å². The van der Waals surface area contributed by atoms with Gasteiger partial charge in [-0.3, -0.25) is 14.5 Å². The molecule has 27 heavy (non-hydrogen) atoms. The number of fused-ring (bicyclic) bond motifs is 1. The van der Waals surface area contributed by atoms with E-state index in [9.17, 15) is 10.1 Å². The predicted molar refractivity (Wildman–Crippen MR) is 104 cm³/mol. The van der Waals surface area contributed by atoms with Crippen molar-refractivity contribution in [2.24, 2.45) is 0 Å². The Labute approximate surface area is 159 Å². The molecule has 0 aliphatic heterocycles. The third-order valence-corrected chi connectivity index (χ3v) is 4.70. The molecule has 0 spiro atoms. The van der Waals surface area contributed by atoms with Gasteiger partial charge in [0.05, 0.1) is 17.7 Å². The van der Waals surface area contributed by atoms with Crippen molar-refractivity contribution in [1.29, 1.82) is 0 Å². The minimum atomic E-state index is -0.423. The molecular weight excluding hydrogens is 364 g/mol. The maximum Gasteiger partial charge on any atom is 0.269 e. The lowest BCUT2D eigenvalue weighted by Crippen LogP contribution is -1.92. The van der Waals surface area contributed by atoms with Gasteiger partial charge in [-0.25, -0.2) is 4.98 Å². The number of nitrogens with zero attached hydrogens (tertiary/aromatic N) is 3. The summed E-state index contributed by atoms with van der Waals surface area (Å²) in [6.07, 6.45) is 3.58. The zero-order valence-corrected chi connectivity index (χ0v) is 15.1. The maximum absolute atomic E-state index is 10.8. The van der Waals surface area contributed by atoms with E-state index in [1.807, 2.05) is 30.5 Å². The van der Waals surface area contributed by atoms with Gasteiger partial charge >= 0.3 is 0 Å². The third kappa shape index (κ3) is 3.06. The van der Waals surface area contributed by atoms with Gasteiger partial charge in [0, 0.05) is 35.7 Å². The Morgan fingerprint density at radius 1 is 1.11 bits per heavy atom. The van der Waals surface area contributed by atoms with Gasteiger partial charge in [-0.1, -0.05) is 24.4 Å². The molecule has 0 saturated heterocycles. The zero-order chi connectivity index (χ0) is 19.0. The van der Waals surface area contributed by atoms with Crippen molar-refractivity contribution in [3.63, 3.8) is 0 Å². The number of hydrogen-bond donors (Lipinski definition) is 1. The highest BCUT2D eigenvalue weighted by molar-refractivity contribution is 7.71. The van der Waals surface area contributed by atoms with E-state index in [2.05, 4.69) is 9.97 Å². The highest BCUT2D eigenvalue weighted by atomic mass is 32.1. The van der Waals surface area contributed by atoms with E-state index in [1.165, 1.54) is 12.1 Å². The lowest BCUT2D eigenvalue weighted by Gasteiger charge is -2.04. The molecule has 0 saturated carbocycles. The Morgan fingerprint density at radius 3 is 2.41 bits per heavy atom. The van der Waals surface area contributed by atoms with E-state index in [-0.39, 0.29) is 5.69 Å². The normalized spacial score (nSPS) is 10.9. The predicted octanol–water partition coefficient (Wildman–Crippen LogP) is 4.64. The Hall–Kier alpha value is -3.52. The standard InChI is InChI=1S/C19H14N4O3S/c1-26-15-8-4-12(5-9-15)16-10-20-19-21-17(11-22(19)18(16)27)13-2-6-14(7-3-13)23(24)25/h2-11H,1H3,(H,20,21). The number of nitro groups is 1. The van der Waals surface area contributed by atoms with Crippen molar-refractivity contribution in [2.75, 3.05) is 7.11 Å². The van der Waals surface area contributed by atoms with Crippen LogP contribution < -0.4 is 4.74 Å². The SMILES string of the molecule is COc1ccc(-c2cnc3[nH]c(-c4ccc([N+](=O)[O-])cc4)cn3c2=S)cc1. The van der Waals surface area contributed by atoms with Crippen LogP contribution in [0, 0.1) is 14.8 Å². The summed E-state index contributed by atoms with van der Waals surface area (Å²) in [5, 5.41) is 10.8. The van der Waals surface area contributed by atoms with Crippen LogP contribution in [0.5, 0.6) is 5.75 Å². The number of methoxy groups -OCH3 is 1. The molecule has 0 atom stereocenters. The van der Waals surface area contributed by atoms with Gasteiger partial charge in [-0.2, -0.15) is 0 Å². The minimum Gasteiger partial charge on any atom is -0.497 e. The van der Waals surface area contributed by atoms with Crippen molar-refractivity contribution in [3.05, 3.63) is 75.7 Å². The average Bonchev–Trinajstić information content (AvgIpc) is 3.14. The van der Waals surface area contributed by atoms with Crippen molar-refractivity contribution >= 4 is 23.7 Å². The number of rotatable bonds is 4. The van der Waals surface area contributed by atoms with Gasteiger partial charge in [0.2, 0.25) is 5.78 Å². The second kappa shape index (κ2) is 6.65. The van der Waals surface area contributed by atoms with Gasteiger partial charge in [0.15, 0.2) is 0 Å². The molecule has 0 fully saturated rings. The summed E-state index contributed by atoms with van der Waals surface area (Å²) in [6, 6.07) is 13.9. The fraction of sp³-hybridized carbons (Fsp3) is 0.0526. The van der Waals surface area contributed by atoms with Crippen LogP contribution in [-0.4, -0.2) is 26.4 Å². The molecule has 0 radical (unpaired) electrons. The first kappa shape index (κ1) is 16.9. The van der Waals surface area contributed by atoms with E-state index < -0.39 is 4.92 Å². The zero-order valence-electron chi connectivity index (χ0n) is 14.2. The topological polar surface area (TPSA) is 85.5 Å². The molecule has 2 heterocycles. The first-order valence-electron chi connectivity index (χ1n) is 8.06. The molecule has 1 N–H and O–H groups in total. The van der Waals surface area contributed by atoms with E-state index in [0.29, 0.717) is 10.4 Å². The van der Waals surface area contributed by atoms with Crippen LogP contribution in [0.3, 0.4) is 0 Å². The summed E-state index contributed by atoms with van der Waals surface area (Å²) in [7, 11) is 1.62. The van der Waals surface area contributed by atoms with Crippen LogP contribution in [0.1, 0.15) is 0 Å². The van der Waals surface area contributed by atoms with Gasteiger partial charge < -0.3 is 9.72 Å². The second-order valence-electron chi connectivity index (χ2n) is 5.87. The Bertz CT molecular complexity index is 1190. The highest BCUT2D eigenvalue weighted by Gasteiger charge is 2.10. The molecule has 2 aromatic heterocycles. The minimum absolute atomic E-state index is 0.0476. The number of benzene rings is 2. The first-order valence-corrected chi connectivity index (χ1v) is 8.47. The molecular formula is C19H14N4O3S. The Kier molecular flexibility index (Phi) is 4.17. The van der Waals surface area contributed by atoms with Crippen LogP contribution in [-0.2, 0) is 0 Å². The maximum atomic E-state index is 10.8. The molecule has 0 aliphatic rings. The molecule has 2 aromatic carbocycles. The molecule has 4 aromatic rings. The second-order valence-corrected chi connectivity index (χ2v) is 6.26. The monoisotopic (exact) mass is 378 g/mol. The number of nitrogens with one attached hydrogen (secondary N) is 1. The van der Waals surface area contributed by atoms with Crippen molar-refractivity contribution in [3.8, 4) is 28.1 Å². The third-order valence-electron chi connectivity index (χ3n) is 4.29. The molecule has 0 bridgehead atoms. The van der Waals surface area contributed by atoms with Gasteiger partial charge in [0.25, 0.3) is 5.69 Å². The average molecular weight is 378 g/mol. The van der Waals surface area contributed by atoms with Crippen molar-refractivity contribution in [1.82, 2.24) is 14.4 Å². The molecule has 0 unspecified atom stereocenters. The number of hydrogen-bond acceptors (Lipinski definition) is 5. The highest BCUT2D eigenvalue weighted by Crippen LogP contribution is 2.26. The quantitative estimate of drug-likeness (QED) is 0.318. The summed E-state index contributed by atoms with van der Waals surface area (Å²) in [5.41, 5.74) is 3.41. The molecule has 0 amide bonds. The van der Waals surface area contributed by atoms with Crippen LogP contribution in [0.2, 0.25) is 0 Å². The van der Waals surface area contributed by atoms with E-state index in [4.69, 9.17) is 17.0 Å². The van der Waals surface area contributed by atoms with E-state index in [1.54, 1.807) is 29.8 Å². The molecule has 134 valence electrons. The van der Waals surface area contributed by atoms with Gasteiger partial charge in [-0.15, -0.1) is 0 Å². The smallest absolute Gasteiger partial charge is 0.269 e. The largest absolute Gasteiger partial charge is 0.497 e. The van der Waals surface area contributed by atoms with Crippen molar-refractivity contribution in [2.45, 2.75) is 0 Å². The van der Waals surface area contributed by atoms with Crippen LogP contribution >= 0.6 is 12.2 Å². The summed E-state index contributed by atoms with van der Waals surface area (Å²) >= 11 is 5.64. The molecule has 0 aliphatic carbocycles. The number of aromatic nitrogens is 3. The summed E-state index contributed by atoms with van der Waals surface area (Å²) < 4.78 is 7.60. The Morgan fingerprint density at radius 2 is 1.78 bits per heavy atom. The van der Waals surface area contributed by atoms with Crippen LogP contribution in [0.4, 0.5) is 5.69 Å². The van der Waals surface area contributed by atoms with E-state index in [0.717, 1.165) is 28.1 Å². The van der Waals surface area contributed by atoms with Crippen LogP contribution in [0.25, 0.3) is 28.2 Å². The van der Waals surface area contributed by atoms with Crippen LogP contribution in [0.15, 0.2) is 60.9 Å². The number of H-pyrrole nitrogens is 1. The molecule has 7 nitrogen and oxygen atoms in total. The fourth-order valence-corrected chi connectivity index (χ4v) is 3.15. The number of aromatic amines is 1. The Balaban J connectivity index is 1.77. The molecule has 4 rings (SSSR count). The summed E-state index contributed by atoms with van der Waals surface area (Å²) in [5.74, 6) is 1.37. The number of imidazole rings is 1. The molecule has 8 heteroatoms. The van der Waals surface area contributed by atoms with Gasteiger partial charge in [0.1, 0.15) is 10.4 Å². The number of nitro benzene ring substituents is 1. The number of ether oxygens (including phenoxy) is 1. The lowest BCUT2D eigenvalue weighted by molar-refractivity contribution is -0.384. The fourth-order valence-electron chi connectivity index (χ4n) is 2.84. The van der Waals surface area contributed by atoms with E-state index >= 15 is 0 Å². The summed E-state index contributed by atoms with van der Waals surface area (Å²) in [4.78, 5) is 18.0. The first-order chi connectivity index (χ1) is 13.1. The number of non-ortho nitro benzene ring substituents is 1. The van der Waals surface area contributed by atoms with Crippen molar-refractivity contribution < 1.29 is 9.66 Å². The lowest BCUT2D eigenvalue weighted by atomic mass is 10.1. The summed E-state index contributed by atoms with van der Waals surface area (Å²) in [6.45, 7) is 0.